The van der Waals surface area contributed by atoms with Gasteiger partial charge in [0.25, 0.3) is 0 Å². The molecular weight excluding hydrogens is 462 g/mol. The molecule has 1 aliphatic rings. The van der Waals surface area contributed by atoms with Crippen LogP contribution in [0.1, 0.15) is 34.3 Å². The molecule has 1 atom stereocenters. The molecule has 3 aromatic rings. The first-order valence-electron chi connectivity index (χ1n) is 12.8. The standard InChI is InChI=1S/C30H37N5O2/c1-22(24-7-5-4-6-8-24)21-32-27-20-25(30(31)37)11-14-28(27)34-15-17-35(18-16-34)29(36)19-23-9-12-26(13-10-23)33(2)3/h4-14,20,22,32H,15-19,21H2,1-3H3,(H2,31,37). The number of carbonyl (C=O) groups excluding carboxylic acids is 2. The molecular formula is C30H37N5O2. The molecule has 0 spiro atoms. The van der Waals surface area contributed by atoms with Crippen LogP contribution in [0.3, 0.4) is 0 Å². The van der Waals surface area contributed by atoms with Gasteiger partial charge in [-0.1, -0.05) is 49.4 Å². The number of benzene rings is 3. The van der Waals surface area contributed by atoms with Gasteiger partial charge in [0.1, 0.15) is 0 Å². The van der Waals surface area contributed by atoms with Crippen LogP contribution in [0, 0.1) is 0 Å². The number of nitrogens with zero attached hydrogens (tertiary/aromatic N) is 3. The van der Waals surface area contributed by atoms with Gasteiger partial charge in [-0.05, 0) is 47.4 Å². The number of carbonyl (C=O) groups is 2. The van der Waals surface area contributed by atoms with Crippen LogP contribution in [0.5, 0.6) is 0 Å². The zero-order valence-electron chi connectivity index (χ0n) is 22.0. The molecule has 0 saturated carbocycles. The lowest BCUT2D eigenvalue weighted by atomic mass is 10.0. The molecule has 0 radical (unpaired) electrons. The topological polar surface area (TPSA) is 81.9 Å². The van der Waals surface area contributed by atoms with Crippen LogP contribution in [0.4, 0.5) is 17.1 Å². The van der Waals surface area contributed by atoms with E-state index in [4.69, 9.17) is 5.73 Å². The van der Waals surface area contributed by atoms with E-state index < -0.39 is 5.91 Å². The molecule has 0 aromatic heterocycles. The Kier molecular flexibility index (Phi) is 8.33. The summed E-state index contributed by atoms with van der Waals surface area (Å²) < 4.78 is 0. The molecule has 194 valence electrons. The molecule has 1 unspecified atom stereocenters. The maximum absolute atomic E-state index is 13.0. The van der Waals surface area contributed by atoms with Crippen molar-refractivity contribution in [1.29, 1.82) is 0 Å². The first kappa shape index (κ1) is 26.1. The van der Waals surface area contributed by atoms with Crippen LogP contribution in [0.15, 0.2) is 72.8 Å². The van der Waals surface area contributed by atoms with Gasteiger partial charge in [0.15, 0.2) is 0 Å². The Morgan fingerprint density at radius 2 is 1.62 bits per heavy atom. The number of rotatable bonds is 9. The van der Waals surface area contributed by atoms with Crippen LogP contribution in [0.25, 0.3) is 0 Å². The molecule has 3 aromatic carbocycles. The highest BCUT2D eigenvalue weighted by atomic mass is 16.2. The van der Waals surface area contributed by atoms with E-state index in [2.05, 4.69) is 29.3 Å². The highest BCUT2D eigenvalue weighted by Gasteiger charge is 2.23. The number of primary amides is 1. The number of hydrogen-bond acceptors (Lipinski definition) is 5. The van der Waals surface area contributed by atoms with Gasteiger partial charge in [-0.15, -0.1) is 0 Å². The van der Waals surface area contributed by atoms with Gasteiger partial charge in [0, 0.05) is 58.1 Å². The fraction of sp³-hybridized carbons (Fsp3) is 0.333. The Hall–Kier alpha value is -4.00. The van der Waals surface area contributed by atoms with Gasteiger partial charge in [-0.3, -0.25) is 9.59 Å². The van der Waals surface area contributed by atoms with E-state index in [1.54, 1.807) is 6.07 Å². The summed E-state index contributed by atoms with van der Waals surface area (Å²) in [6.45, 7) is 5.68. The summed E-state index contributed by atoms with van der Waals surface area (Å²) in [6.07, 6.45) is 0.408. The summed E-state index contributed by atoms with van der Waals surface area (Å²) in [6, 6.07) is 24.1. The van der Waals surface area contributed by atoms with Gasteiger partial charge < -0.3 is 25.8 Å². The van der Waals surface area contributed by atoms with Crippen molar-refractivity contribution < 1.29 is 9.59 Å². The normalized spacial score (nSPS) is 14.2. The van der Waals surface area contributed by atoms with Crippen molar-refractivity contribution in [1.82, 2.24) is 4.90 Å². The van der Waals surface area contributed by atoms with Crippen molar-refractivity contribution in [2.45, 2.75) is 19.3 Å². The molecule has 37 heavy (non-hydrogen) atoms. The smallest absolute Gasteiger partial charge is 0.248 e. The lowest BCUT2D eigenvalue weighted by Gasteiger charge is -2.37. The van der Waals surface area contributed by atoms with Gasteiger partial charge in [0.2, 0.25) is 11.8 Å². The van der Waals surface area contributed by atoms with Gasteiger partial charge in [0.05, 0.1) is 17.8 Å². The number of nitrogens with one attached hydrogen (secondary N) is 1. The fourth-order valence-electron chi connectivity index (χ4n) is 4.66. The van der Waals surface area contributed by atoms with Gasteiger partial charge in [-0.2, -0.15) is 0 Å². The summed E-state index contributed by atoms with van der Waals surface area (Å²) in [7, 11) is 4.01. The molecule has 7 heteroatoms. The monoisotopic (exact) mass is 499 g/mol. The third kappa shape index (κ3) is 6.61. The Labute approximate surface area is 219 Å². The van der Waals surface area contributed by atoms with E-state index in [1.807, 2.05) is 78.5 Å². The minimum atomic E-state index is -0.445. The molecule has 4 rings (SSSR count). The van der Waals surface area contributed by atoms with Crippen LogP contribution in [-0.4, -0.2) is 63.5 Å². The number of amides is 2. The maximum atomic E-state index is 13.0. The molecule has 1 heterocycles. The number of hydrogen-bond donors (Lipinski definition) is 2. The molecule has 7 nitrogen and oxygen atoms in total. The second-order valence-electron chi connectivity index (χ2n) is 9.89. The largest absolute Gasteiger partial charge is 0.383 e. The van der Waals surface area contributed by atoms with Crippen molar-refractivity contribution in [3.63, 3.8) is 0 Å². The molecule has 2 amide bonds. The average Bonchev–Trinajstić information content (AvgIpc) is 2.92. The van der Waals surface area contributed by atoms with Crippen LogP contribution in [-0.2, 0) is 11.2 Å². The Balaban J connectivity index is 1.40. The van der Waals surface area contributed by atoms with E-state index in [0.29, 0.717) is 31.0 Å². The number of piperazine rings is 1. The maximum Gasteiger partial charge on any atom is 0.248 e. The van der Waals surface area contributed by atoms with E-state index in [-0.39, 0.29) is 5.91 Å². The minimum absolute atomic E-state index is 0.149. The van der Waals surface area contributed by atoms with Gasteiger partial charge in [-0.25, -0.2) is 0 Å². The lowest BCUT2D eigenvalue weighted by molar-refractivity contribution is -0.130. The second-order valence-corrected chi connectivity index (χ2v) is 9.89. The predicted octanol–water partition coefficient (Wildman–Crippen LogP) is 3.96. The molecule has 0 bridgehead atoms. The van der Waals surface area contributed by atoms with Gasteiger partial charge >= 0.3 is 0 Å². The van der Waals surface area contributed by atoms with E-state index >= 15 is 0 Å². The van der Waals surface area contributed by atoms with Crippen molar-refractivity contribution in [3.05, 3.63) is 89.5 Å². The first-order valence-corrected chi connectivity index (χ1v) is 12.8. The number of nitrogens with two attached hydrogens (primary N) is 1. The summed E-state index contributed by atoms with van der Waals surface area (Å²) in [4.78, 5) is 31.1. The molecule has 1 fully saturated rings. The zero-order valence-corrected chi connectivity index (χ0v) is 22.0. The molecule has 0 aliphatic carbocycles. The lowest BCUT2D eigenvalue weighted by Crippen LogP contribution is -2.49. The van der Waals surface area contributed by atoms with E-state index in [9.17, 15) is 9.59 Å². The zero-order chi connectivity index (χ0) is 26.4. The second kappa shape index (κ2) is 11.8. The summed E-state index contributed by atoms with van der Waals surface area (Å²) in [5.41, 5.74) is 11.4. The SMILES string of the molecule is CC(CNc1cc(C(N)=O)ccc1N1CCN(C(=O)Cc2ccc(N(C)C)cc2)CC1)c1ccccc1. The van der Waals surface area contributed by atoms with Crippen molar-refractivity contribution in [2.75, 3.05) is 61.9 Å². The molecule has 1 aliphatic heterocycles. The fourth-order valence-corrected chi connectivity index (χ4v) is 4.66. The van der Waals surface area contributed by atoms with Crippen molar-refractivity contribution in [3.8, 4) is 0 Å². The Bertz CT molecular complexity index is 1200. The van der Waals surface area contributed by atoms with E-state index in [1.165, 1.54) is 5.56 Å². The summed E-state index contributed by atoms with van der Waals surface area (Å²) >= 11 is 0. The molecule has 3 N–H and O–H groups in total. The van der Waals surface area contributed by atoms with Crippen LogP contribution in [0.2, 0.25) is 0 Å². The van der Waals surface area contributed by atoms with Crippen molar-refractivity contribution in [2.24, 2.45) is 5.73 Å². The Morgan fingerprint density at radius 1 is 0.946 bits per heavy atom. The third-order valence-corrected chi connectivity index (χ3v) is 7.03. The molecule has 1 saturated heterocycles. The highest BCUT2D eigenvalue weighted by molar-refractivity contribution is 5.95. The van der Waals surface area contributed by atoms with Crippen LogP contribution < -0.4 is 20.9 Å². The van der Waals surface area contributed by atoms with E-state index in [0.717, 1.165) is 42.3 Å². The highest BCUT2D eigenvalue weighted by Crippen LogP contribution is 2.29. The van der Waals surface area contributed by atoms with Crippen LogP contribution >= 0.6 is 0 Å². The predicted molar refractivity (Wildman–Crippen MR) is 152 cm³/mol. The first-order chi connectivity index (χ1) is 17.8. The third-order valence-electron chi connectivity index (χ3n) is 7.03. The number of anilines is 3. The minimum Gasteiger partial charge on any atom is -0.383 e. The quantitative estimate of drug-likeness (QED) is 0.466. The Morgan fingerprint density at radius 3 is 2.24 bits per heavy atom. The summed E-state index contributed by atoms with van der Waals surface area (Å²) in [5.74, 6) is 0.00338. The van der Waals surface area contributed by atoms with Crippen molar-refractivity contribution >= 4 is 28.9 Å². The summed E-state index contributed by atoms with van der Waals surface area (Å²) in [5, 5.41) is 3.55. The average molecular weight is 500 g/mol.